The normalized spacial score (nSPS) is 16.4. The highest BCUT2D eigenvalue weighted by molar-refractivity contribution is 7.09. The zero-order valence-electron chi connectivity index (χ0n) is 14.4. The molecule has 1 aliphatic rings. The van der Waals surface area contributed by atoms with E-state index in [4.69, 9.17) is 4.42 Å². The molecule has 130 valence electrons. The van der Waals surface area contributed by atoms with Crippen LogP contribution in [-0.4, -0.2) is 46.2 Å². The lowest BCUT2D eigenvalue weighted by atomic mass is 10.1. The van der Waals surface area contributed by atoms with Crippen molar-refractivity contribution in [3.8, 4) is 11.5 Å². The Labute approximate surface area is 151 Å². The summed E-state index contributed by atoms with van der Waals surface area (Å²) >= 11 is 1.83. The molecule has 1 aromatic carbocycles. The molecule has 1 fully saturated rings. The van der Waals surface area contributed by atoms with Crippen molar-refractivity contribution in [1.82, 2.24) is 20.0 Å². The third-order valence-electron chi connectivity index (χ3n) is 4.55. The van der Waals surface area contributed by atoms with Gasteiger partial charge in [0.25, 0.3) is 0 Å². The lowest BCUT2D eigenvalue weighted by molar-refractivity contribution is 0.115. The molecule has 0 aliphatic carbocycles. The first-order valence-corrected chi connectivity index (χ1v) is 9.51. The Morgan fingerprint density at radius 1 is 0.960 bits per heavy atom. The number of aryl methyl sites for hydroxylation is 1. The third-order valence-corrected chi connectivity index (χ3v) is 5.41. The van der Waals surface area contributed by atoms with Gasteiger partial charge in [-0.05, 0) is 30.5 Å². The first kappa shape index (κ1) is 16.4. The second-order valence-electron chi connectivity index (χ2n) is 6.50. The van der Waals surface area contributed by atoms with Crippen molar-refractivity contribution >= 4 is 11.3 Å². The van der Waals surface area contributed by atoms with Crippen LogP contribution in [0.1, 0.15) is 16.3 Å². The summed E-state index contributed by atoms with van der Waals surface area (Å²) in [5, 5.41) is 10.6. The van der Waals surface area contributed by atoms with Crippen molar-refractivity contribution in [2.24, 2.45) is 0 Å². The second-order valence-corrected chi connectivity index (χ2v) is 7.53. The first-order valence-electron chi connectivity index (χ1n) is 8.63. The molecule has 0 radical (unpaired) electrons. The van der Waals surface area contributed by atoms with Gasteiger partial charge in [0.1, 0.15) is 0 Å². The zero-order chi connectivity index (χ0) is 17.1. The van der Waals surface area contributed by atoms with Gasteiger partial charge in [-0.2, -0.15) is 0 Å². The average molecular weight is 354 g/mol. The van der Waals surface area contributed by atoms with Gasteiger partial charge in [0, 0.05) is 43.2 Å². The van der Waals surface area contributed by atoms with Gasteiger partial charge in [-0.25, -0.2) is 0 Å². The lowest BCUT2D eigenvalue weighted by Gasteiger charge is -2.33. The van der Waals surface area contributed by atoms with E-state index in [1.54, 1.807) is 0 Å². The molecule has 25 heavy (non-hydrogen) atoms. The SMILES string of the molecule is Cc1ccc(-c2nnc(CN3CCN(Cc4cccs4)CC3)o2)cc1. The van der Waals surface area contributed by atoms with Gasteiger partial charge in [0.2, 0.25) is 11.8 Å². The van der Waals surface area contributed by atoms with Gasteiger partial charge in [0.05, 0.1) is 6.54 Å². The first-order chi connectivity index (χ1) is 12.3. The van der Waals surface area contributed by atoms with E-state index in [2.05, 4.69) is 56.6 Å². The minimum Gasteiger partial charge on any atom is -0.419 e. The summed E-state index contributed by atoms with van der Waals surface area (Å²) in [6.07, 6.45) is 0. The Bertz CT molecular complexity index is 789. The molecule has 0 saturated carbocycles. The topological polar surface area (TPSA) is 45.4 Å². The van der Waals surface area contributed by atoms with Crippen LogP contribution in [-0.2, 0) is 13.1 Å². The minimum absolute atomic E-state index is 0.603. The monoisotopic (exact) mass is 354 g/mol. The van der Waals surface area contributed by atoms with E-state index in [0.717, 1.165) is 44.8 Å². The lowest BCUT2D eigenvalue weighted by Crippen LogP contribution is -2.45. The fraction of sp³-hybridized carbons (Fsp3) is 0.368. The van der Waals surface area contributed by atoms with E-state index < -0.39 is 0 Å². The predicted octanol–water partition coefficient (Wildman–Crippen LogP) is 3.42. The Balaban J connectivity index is 1.31. The summed E-state index contributed by atoms with van der Waals surface area (Å²) in [6.45, 7) is 8.09. The van der Waals surface area contributed by atoms with Crippen LogP contribution in [0, 0.1) is 6.92 Å². The molecule has 6 heteroatoms. The smallest absolute Gasteiger partial charge is 0.247 e. The molecule has 0 N–H and O–H groups in total. The molecule has 4 rings (SSSR count). The molecule has 0 spiro atoms. The Morgan fingerprint density at radius 3 is 2.36 bits per heavy atom. The van der Waals surface area contributed by atoms with E-state index in [9.17, 15) is 0 Å². The summed E-state index contributed by atoms with van der Waals surface area (Å²) in [5.41, 5.74) is 2.20. The van der Waals surface area contributed by atoms with Crippen molar-refractivity contribution in [3.63, 3.8) is 0 Å². The fourth-order valence-corrected chi connectivity index (χ4v) is 3.80. The van der Waals surface area contributed by atoms with Crippen LogP contribution in [0.3, 0.4) is 0 Å². The van der Waals surface area contributed by atoms with E-state index in [1.807, 2.05) is 23.5 Å². The number of aromatic nitrogens is 2. The quantitative estimate of drug-likeness (QED) is 0.702. The van der Waals surface area contributed by atoms with Gasteiger partial charge in [-0.3, -0.25) is 9.80 Å². The standard InChI is InChI=1S/C19H22N4OS/c1-15-4-6-16(7-5-15)19-21-20-18(24-19)14-23-10-8-22(9-11-23)13-17-3-2-12-25-17/h2-7,12H,8-11,13-14H2,1H3. The molecular weight excluding hydrogens is 332 g/mol. The Morgan fingerprint density at radius 2 is 1.68 bits per heavy atom. The summed E-state index contributed by atoms with van der Waals surface area (Å²) in [5.74, 6) is 1.30. The maximum atomic E-state index is 5.85. The molecular formula is C19H22N4OS. The molecule has 0 atom stereocenters. The van der Waals surface area contributed by atoms with Crippen LogP contribution in [0.4, 0.5) is 0 Å². The predicted molar refractivity (Wildman–Crippen MR) is 99.3 cm³/mol. The number of nitrogens with zero attached hydrogens (tertiary/aromatic N) is 4. The summed E-state index contributed by atoms with van der Waals surface area (Å²) in [7, 11) is 0. The largest absolute Gasteiger partial charge is 0.419 e. The van der Waals surface area contributed by atoms with Crippen molar-refractivity contribution in [3.05, 3.63) is 58.1 Å². The van der Waals surface area contributed by atoms with Gasteiger partial charge < -0.3 is 4.42 Å². The molecule has 0 amide bonds. The van der Waals surface area contributed by atoms with Gasteiger partial charge in [0.15, 0.2) is 0 Å². The van der Waals surface area contributed by atoms with Crippen molar-refractivity contribution in [2.75, 3.05) is 26.2 Å². The molecule has 0 bridgehead atoms. The van der Waals surface area contributed by atoms with Crippen LogP contribution in [0.2, 0.25) is 0 Å². The Hall–Kier alpha value is -2.02. The number of rotatable bonds is 5. The number of hydrogen-bond acceptors (Lipinski definition) is 6. The maximum absolute atomic E-state index is 5.85. The number of piperazine rings is 1. The maximum Gasteiger partial charge on any atom is 0.247 e. The van der Waals surface area contributed by atoms with Crippen LogP contribution in [0.15, 0.2) is 46.2 Å². The third kappa shape index (κ3) is 4.15. The molecule has 0 unspecified atom stereocenters. The van der Waals surface area contributed by atoms with Crippen molar-refractivity contribution in [1.29, 1.82) is 0 Å². The molecule has 5 nitrogen and oxygen atoms in total. The minimum atomic E-state index is 0.603. The number of hydrogen-bond donors (Lipinski definition) is 0. The summed E-state index contributed by atoms with van der Waals surface area (Å²) in [6, 6.07) is 12.5. The highest BCUT2D eigenvalue weighted by atomic mass is 32.1. The van der Waals surface area contributed by atoms with Crippen LogP contribution >= 0.6 is 11.3 Å². The molecule has 3 heterocycles. The number of thiophene rings is 1. The van der Waals surface area contributed by atoms with E-state index >= 15 is 0 Å². The van der Waals surface area contributed by atoms with Crippen molar-refractivity contribution in [2.45, 2.75) is 20.0 Å². The molecule has 2 aromatic heterocycles. The van der Waals surface area contributed by atoms with Gasteiger partial charge >= 0.3 is 0 Å². The molecule has 1 aliphatic heterocycles. The summed E-state index contributed by atoms with van der Waals surface area (Å²) < 4.78 is 5.85. The molecule has 3 aromatic rings. The second kappa shape index (κ2) is 7.47. The number of benzene rings is 1. The van der Waals surface area contributed by atoms with Crippen LogP contribution in [0.25, 0.3) is 11.5 Å². The van der Waals surface area contributed by atoms with Gasteiger partial charge in [-0.15, -0.1) is 21.5 Å². The van der Waals surface area contributed by atoms with Crippen LogP contribution in [0.5, 0.6) is 0 Å². The van der Waals surface area contributed by atoms with Gasteiger partial charge in [-0.1, -0.05) is 23.8 Å². The summed E-state index contributed by atoms with van der Waals surface area (Å²) in [4.78, 5) is 6.33. The van der Waals surface area contributed by atoms with E-state index in [1.165, 1.54) is 10.4 Å². The van der Waals surface area contributed by atoms with E-state index in [0.29, 0.717) is 11.8 Å². The zero-order valence-corrected chi connectivity index (χ0v) is 15.2. The fourth-order valence-electron chi connectivity index (χ4n) is 3.05. The highest BCUT2D eigenvalue weighted by Gasteiger charge is 2.19. The van der Waals surface area contributed by atoms with Crippen molar-refractivity contribution < 1.29 is 4.42 Å². The van der Waals surface area contributed by atoms with E-state index in [-0.39, 0.29) is 0 Å². The highest BCUT2D eigenvalue weighted by Crippen LogP contribution is 2.19. The molecule has 1 saturated heterocycles. The van der Waals surface area contributed by atoms with Crippen LogP contribution < -0.4 is 0 Å². The Kier molecular flexibility index (Phi) is 4.92. The average Bonchev–Trinajstić information content (AvgIpc) is 3.29.